The average molecular weight is 356 g/mol. The Morgan fingerprint density at radius 1 is 1.38 bits per heavy atom. The van der Waals surface area contributed by atoms with Gasteiger partial charge >= 0.3 is 0 Å². The minimum atomic E-state index is 0.0324. The molecule has 5 heteroatoms. The SMILES string of the molecule is COc1cccc(C(=O)N2CCCC(CCBr)C2)c1OC. The summed E-state index contributed by atoms with van der Waals surface area (Å²) in [5, 5.41) is 0.988. The van der Waals surface area contributed by atoms with E-state index in [1.165, 1.54) is 6.42 Å². The molecule has 2 rings (SSSR count). The topological polar surface area (TPSA) is 38.8 Å². The second kappa shape index (κ2) is 7.69. The Morgan fingerprint density at radius 2 is 2.19 bits per heavy atom. The molecule has 0 radical (unpaired) electrons. The lowest BCUT2D eigenvalue weighted by Crippen LogP contribution is -2.40. The number of ether oxygens (including phenoxy) is 2. The predicted octanol–water partition coefficient (Wildman–Crippen LogP) is 3.34. The first kappa shape index (κ1) is 16.1. The van der Waals surface area contributed by atoms with Crippen molar-refractivity contribution in [1.29, 1.82) is 0 Å². The number of piperidine rings is 1. The van der Waals surface area contributed by atoms with Crippen LogP contribution in [0.2, 0.25) is 0 Å². The molecule has 0 aliphatic carbocycles. The lowest BCUT2D eigenvalue weighted by Gasteiger charge is -2.33. The number of methoxy groups -OCH3 is 2. The van der Waals surface area contributed by atoms with Crippen LogP contribution < -0.4 is 9.47 Å². The molecular weight excluding hydrogens is 334 g/mol. The van der Waals surface area contributed by atoms with Gasteiger partial charge in [-0.05, 0) is 37.3 Å². The summed E-state index contributed by atoms with van der Waals surface area (Å²) in [6.07, 6.45) is 3.37. The molecule has 1 heterocycles. The Balaban J connectivity index is 2.19. The van der Waals surface area contributed by atoms with E-state index in [0.29, 0.717) is 23.0 Å². The number of hydrogen-bond acceptors (Lipinski definition) is 3. The van der Waals surface area contributed by atoms with Crippen LogP contribution in [0.5, 0.6) is 11.5 Å². The van der Waals surface area contributed by atoms with Crippen LogP contribution in [0.3, 0.4) is 0 Å². The summed E-state index contributed by atoms with van der Waals surface area (Å²) in [5.74, 6) is 1.73. The fourth-order valence-corrected chi connectivity index (χ4v) is 3.51. The molecule has 0 bridgehead atoms. The molecule has 116 valence electrons. The van der Waals surface area contributed by atoms with Crippen LogP contribution in [0, 0.1) is 5.92 Å². The van der Waals surface area contributed by atoms with E-state index in [4.69, 9.17) is 9.47 Å². The summed E-state index contributed by atoms with van der Waals surface area (Å²) in [7, 11) is 3.15. The van der Waals surface area contributed by atoms with Crippen molar-refractivity contribution in [1.82, 2.24) is 4.90 Å². The van der Waals surface area contributed by atoms with Crippen molar-refractivity contribution in [2.45, 2.75) is 19.3 Å². The molecule has 1 aromatic carbocycles. The van der Waals surface area contributed by atoms with Gasteiger partial charge in [-0.1, -0.05) is 22.0 Å². The van der Waals surface area contributed by atoms with Gasteiger partial charge in [-0.3, -0.25) is 4.79 Å². The van der Waals surface area contributed by atoms with Gasteiger partial charge in [0.25, 0.3) is 5.91 Å². The number of hydrogen-bond donors (Lipinski definition) is 0. The van der Waals surface area contributed by atoms with Crippen LogP contribution in [0.15, 0.2) is 18.2 Å². The summed E-state index contributed by atoms with van der Waals surface area (Å²) in [4.78, 5) is 14.7. The monoisotopic (exact) mass is 355 g/mol. The number of halogens is 1. The van der Waals surface area contributed by atoms with Crippen LogP contribution in [0.4, 0.5) is 0 Å². The molecule has 1 amide bonds. The van der Waals surface area contributed by atoms with Crippen LogP contribution >= 0.6 is 15.9 Å². The third-order valence-corrected chi connectivity index (χ3v) is 4.41. The van der Waals surface area contributed by atoms with Gasteiger partial charge in [0, 0.05) is 18.4 Å². The van der Waals surface area contributed by atoms with E-state index in [2.05, 4.69) is 15.9 Å². The van der Waals surface area contributed by atoms with Crippen LogP contribution in [0.25, 0.3) is 0 Å². The van der Waals surface area contributed by atoms with E-state index >= 15 is 0 Å². The molecule has 0 aromatic heterocycles. The number of benzene rings is 1. The van der Waals surface area contributed by atoms with Crippen molar-refractivity contribution in [2.75, 3.05) is 32.6 Å². The molecule has 0 spiro atoms. The van der Waals surface area contributed by atoms with Gasteiger partial charge in [0.05, 0.1) is 19.8 Å². The number of para-hydroxylation sites is 1. The molecule has 1 aromatic rings. The molecule has 21 heavy (non-hydrogen) atoms. The Hall–Kier alpha value is -1.23. The van der Waals surface area contributed by atoms with Crippen molar-refractivity contribution in [3.63, 3.8) is 0 Å². The van der Waals surface area contributed by atoms with E-state index in [9.17, 15) is 4.79 Å². The lowest BCUT2D eigenvalue weighted by atomic mass is 9.95. The van der Waals surface area contributed by atoms with Crippen LogP contribution in [-0.2, 0) is 0 Å². The first-order valence-corrected chi connectivity index (χ1v) is 8.39. The van der Waals surface area contributed by atoms with Gasteiger partial charge in [-0.2, -0.15) is 0 Å². The van der Waals surface area contributed by atoms with E-state index in [0.717, 1.165) is 31.3 Å². The zero-order valence-electron chi connectivity index (χ0n) is 12.6. The van der Waals surface area contributed by atoms with Gasteiger partial charge in [-0.15, -0.1) is 0 Å². The maximum atomic E-state index is 12.8. The number of carbonyl (C=O) groups is 1. The molecule has 0 saturated carbocycles. The van der Waals surface area contributed by atoms with Gasteiger partial charge in [0.1, 0.15) is 0 Å². The van der Waals surface area contributed by atoms with Crippen molar-refractivity contribution in [2.24, 2.45) is 5.92 Å². The molecule has 0 N–H and O–H groups in total. The molecule has 1 aliphatic rings. The van der Waals surface area contributed by atoms with Crippen LogP contribution in [0.1, 0.15) is 29.6 Å². The Labute approximate surface area is 134 Å². The number of likely N-dealkylation sites (tertiary alicyclic amines) is 1. The second-order valence-electron chi connectivity index (χ2n) is 5.28. The first-order valence-electron chi connectivity index (χ1n) is 7.27. The molecule has 1 atom stereocenters. The predicted molar refractivity (Wildman–Crippen MR) is 86.6 cm³/mol. The largest absolute Gasteiger partial charge is 0.493 e. The number of alkyl halides is 1. The van der Waals surface area contributed by atoms with E-state index < -0.39 is 0 Å². The molecule has 4 nitrogen and oxygen atoms in total. The minimum absolute atomic E-state index is 0.0324. The highest BCUT2D eigenvalue weighted by Crippen LogP contribution is 2.32. The highest BCUT2D eigenvalue weighted by atomic mass is 79.9. The summed E-state index contributed by atoms with van der Waals surface area (Å²) < 4.78 is 10.6. The number of amides is 1. The number of carbonyl (C=O) groups excluding carboxylic acids is 1. The third kappa shape index (κ3) is 3.70. The van der Waals surface area contributed by atoms with Gasteiger partial charge in [0.2, 0.25) is 0 Å². The standard InChI is InChI=1S/C16H22BrNO3/c1-20-14-7-3-6-13(15(14)21-2)16(19)18-10-4-5-12(11-18)8-9-17/h3,6-7,12H,4-5,8-11H2,1-2H3. The molecular formula is C16H22BrNO3. The van der Waals surface area contributed by atoms with Gasteiger partial charge < -0.3 is 14.4 Å². The number of nitrogens with zero attached hydrogens (tertiary/aromatic N) is 1. The minimum Gasteiger partial charge on any atom is -0.493 e. The quantitative estimate of drug-likeness (QED) is 0.760. The Kier molecular flexibility index (Phi) is 5.91. The van der Waals surface area contributed by atoms with Crippen molar-refractivity contribution in [3.05, 3.63) is 23.8 Å². The fourth-order valence-electron chi connectivity index (χ4n) is 2.87. The maximum absolute atomic E-state index is 12.8. The smallest absolute Gasteiger partial charge is 0.257 e. The van der Waals surface area contributed by atoms with Gasteiger partial charge in [-0.25, -0.2) is 0 Å². The average Bonchev–Trinajstić information content (AvgIpc) is 2.53. The normalized spacial score (nSPS) is 18.4. The zero-order chi connectivity index (χ0) is 15.2. The summed E-state index contributed by atoms with van der Waals surface area (Å²) >= 11 is 3.49. The summed E-state index contributed by atoms with van der Waals surface area (Å²) in [6.45, 7) is 1.64. The third-order valence-electron chi connectivity index (χ3n) is 3.96. The number of rotatable bonds is 5. The van der Waals surface area contributed by atoms with Gasteiger partial charge in [0.15, 0.2) is 11.5 Å². The van der Waals surface area contributed by atoms with Crippen LogP contribution in [-0.4, -0.2) is 43.4 Å². The zero-order valence-corrected chi connectivity index (χ0v) is 14.2. The van der Waals surface area contributed by atoms with Crippen molar-refractivity contribution in [3.8, 4) is 11.5 Å². The van der Waals surface area contributed by atoms with E-state index in [1.807, 2.05) is 11.0 Å². The maximum Gasteiger partial charge on any atom is 0.257 e. The van der Waals surface area contributed by atoms with Crippen molar-refractivity contribution < 1.29 is 14.3 Å². The van der Waals surface area contributed by atoms with E-state index in [-0.39, 0.29) is 5.91 Å². The first-order chi connectivity index (χ1) is 10.2. The molecule has 1 saturated heterocycles. The Morgan fingerprint density at radius 3 is 2.86 bits per heavy atom. The lowest BCUT2D eigenvalue weighted by molar-refractivity contribution is 0.0668. The summed E-state index contributed by atoms with van der Waals surface area (Å²) in [6, 6.07) is 5.44. The van der Waals surface area contributed by atoms with Crippen molar-refractivity contribution >= 4 is 21.8 Å². The second-order valence-corrected chi connectivity index (χ2v) is 6.07. The molecule has 1 aliphatic heterocycles. The highest BCUT2D eigenvalue weighted by Gasteiger charge is 2.26. The molecule has 1 unspecified atom stereocenters. The Bertz CT molecular complexity index is 490. The highest BCUT2D eigenvalue weighted by molar-refractivity contribution is 9.09. The fraction of sp³-hybridized carbons (Fsp3) is 0.562. The van der Waals surface area contributed by atoms with E-state index in [1.54, 1.807) is 26.4 Å². The molecule has 1 fully saturated rings. The summed E-state index contributed by atoms with van der Waals surface area (Å²) in [5.41, 5.74) is 0.580.